The van der Waals surface area contributed by atoms with Gasteiger partial charge in [-0.05, 0) is 0 Å². The summed E-state index contributed by atoms with van der Waals surface area (Å²) in [6.07, 6.45) is 0. The Balaban J connectivity index is 0.000000132. The van der Waals surface area contributed by atoms with E-state index >= 15 is 0 Å². The van der Waals surface area contributed by atoms with Gasteiger partial charge in [-0.15, -0.1) is 0 Å². The van der Waals surface area contributed by atoms with Crippen molar-refractivity contribution in [3.8, 4) is 0 Å². The molecule has 0 atom stereocenters. The molecule has 3 N–H and O–H groups in total. The van der Waals surface area contributed by atoms with Gasteiger partial charge in [0, 0.05) is 37.7 Å². The van der Waals surface area contributed by atoms with Gasteiger partial charge in [-0.2, -0.15) is 11.8 Å². The highest BCUT2D eigenvalue weighted by atomic mass is 32.2. The number of carbonyl (C=O) groups excluding carboxylic acids is 1. The zero-order valence-corrected chi connectivity index (χ0v) is 8.58. The second kappa shape index (κ2) is 7.17. The molecule has 0 unspecified atom stereocenters. The standard InChI is InChI=1S/C4H8N2O.C4H9NS/c7-4-3-5-1-2-6-4;1-3-6-4-2-5-1/h5H,1-3H2,(H,6,7);5H,1-4H2. The second-order valence-corrected chi connectivity index (χ2v) is 4.11. The van der Waals surface area contributed by atoms with Crippen molar-refractivity contribution in [3.63, 3.8) is 0 Å². The predicted molar refractivity (Wildman–Crippen MR) is 56.1 cm³/mol. The number of amides is 1. The van der Waals surface area contributed by atoms with Gasteiger partial charge in [0.1, 0.15) is 0 Å². The Hall–Kier alpha value is -0.260. The normalized spacial score (nSPS) is 22.6. The molecule has 76 valence electrons. The Labute approximate surface area is 83.2 Å². The molecule has 2 fully saturated rings. The van der Waals surface area contributed by atoms with E-state index in [-0.39, 0.29) is 5.91 Å². The summed E-state index contributed by atoms with van der Waals surface area (Å²) >= 11 is 2.03. The Morgan fingerprint density at radius 1 is 1.00 bits per heavy atom. The summed E-state index contributed by atoms with van der Waals surface area (Å²) < 4.78 is 0. The van der Waals surface area contributed by atoms with Crippen molar-refractivity contribution in [2.45, 2.75) is 0 Å². The van der Waals surface area contributed by atoms with Gasteiger partial charge in [0.15, 0.2) is 0 Å². The Kier molecular flexibility index (Phi) is 5.97. The first-order valence-corrected chi connectivity index (χ1v) is 5.81. The van der Waals surface area contributed by atoms with Crippen LogP contribution in [-0.2, 0) is 4.79 Å². The number of piperazine rings is 1. The highest BCUT2D eigenvalue weighted by molar-refractivity contribution is 7.99. The topological polar surface area (TPSA) is 53.2 Å². The lowest BCUT2D eigenvalue weighted by Gasteiger charge is -2.11. The van der Waals surface area contributed by atoms with Crippen LogP contribution < -0.4 is 16.0 Å². The minimum absolute atomic E-state index is 0.103. The largest absolute Gasteiger partial charge is 0.354 e. The Morgan fingerprint density at radius 3 is 2.00 bits per heavy atom. The van der Waals surface area contributed by atoms with E-state index < -0.39 is 0 Å². The fourth-order valence-electron chi connectivity index (χ4n) is 1.07. The lowest BCUT2D eigenvalue weighted by molar-refractivity contribution is -0.121. The van der Waals surface area contributed by atoms with Crippen molar-refractivity contribution in [1.82, 2.24) is 16.0 Å². The third-order valence-electron chi connectivity index (χ3n) is 1.76. The molecule has 0 bridgehead atoms. The van der Waals surface area contributed by atoms with Crippen LogP contribution in [0.1, 0.15) is 0 Å². The van der Waals surface area contributed by atoms with E-state index in [1.165, 1.54) is 24.6 Å². The third-order valence-corrected chi connectivity index (χ3v) is 2.74. The van der Waals surface area contributed by atoms with Gasteiger partial charge >= 0.3 is 0 Å². The van der Waals surface area contributed by atoms with Crippen molar-refractivity contribution in [3.05, 3.63) is 0 Å². The van der Waals surface area contributed by atoms with Crippen LogP contribution in [0.5, 0.6) is 0 Å². The molecule has 1 amide bonds. The molecule has 2 rings (SSSR count). The van der Waals surface area contributed by atoms with E-state index in [1.807, 2.05) is 11.8 Å². The van der Waals surface area contributed by atoms with E-state index in [4.69, 9.17) is 0 Å². The molecule has 0 aromatic heterocycles. The summed E-state index contributed by atoms with van der Waals surface area (Å²) in [6, 6.07) is 0. The van der Waals surface area contributed by atoms with Crippen LogP contribution in [0.15, 0.2) is 0 Å². The van der Waals surface area contributed by atoms with Crippen LogP contribution in [-0.4, -0.2) is 50.1 Å². The van der Waals surface area contributed by atoms with Crippen molar-refractivity contribution in [2.24, 2.45) is 0 Å². The van der Waals surface area contributed by atoms with Crippen LogP contribution >= 0.6 is 11.8 Å². The van der Waals surface area contributed by atoms with Crippen LogP contribution in [0.25, 0.3) is 0 Å². The molecule has 0 aromatic rings. The van der Waals surface area contributed by atoms with Gasteiger partial charge in [-0.3, -0.25) is 4.79 Å². The zero-order chi connectivity index (χ0) is 9.36. The molecule has 0 spiro atoms. The number of rotatable bonds is 0. The molecule has 0 aromatic carbocycles. The van der Waals surface area contributed by atoms with Crippen molar-refractivity contribution >= 4 is 17.7 Å². The van der Waals surface area contributed by atoms with Gasteiger partial charge in [-0.1, -0.05) is 0 Å². The van der Waals surface area contributed by atoms with E-state index in [0.717, 1.165) is 13.1 Å². The number of hydrogen-bond acceptors (Lipinski definition) is 4. The third kappa shape index (κ3) is 5.90. The molecule has 4 nitrogen and oxygen atoms in total. The lowest BCUT2D eigenvalue weighted by atomic mass is 10.4. The average Bonchev–Trinajstić information content (AvgIpc) is 2.22. The number of nitrogens with one attached hydrogen (secondary N) is 3. The van der Waals surface area contributed by atoms with E-state index in [2.05, 4.69) is 16.0 Å². The summed E-state index contributed by atoms with van der Waals surface area (Å²) in [7, 11) is 0. The summed E-state index contributed by atoms with van der Waals surface area (Å²) in [5.41, 5.74) is 0. The number of hydrogen-bond donors (Lipinski definition) is 3. The number of carbonyl (C=O) groups is 1. The maximum atomic E-state index is 10.3. The predicted octanol–water partition coefficient (Wildman–Crippen LogP) is -0.971. The molecule has 2 aliphatic heterocycles. The molecule has 2 saturated heterocycles. The smallest absolute Gasteiger partial charge is 0.234 e. The summed E-state index contributed by atoms with van der Waals surface area (Å²) in [4.78, 5) is 10.3. The average molecular weight is 203 g/mol. The summed E-state index contributed by atoms with van der Waals surface area (Å²) in [6.45, 7) is 4.60. The van der Waals surface area contributed by atoms with Gasteiger partial charge < -0.3 is 16.0 Å². The van der Waals surface area contributed by atoms with Crippen LogP contribution in [0.4, 0.5) is 0 Å². The Bertz CT molecular complexity index is 131. The highest BCUT2D eigenvalue weighted by Crippen LogP contribution is 1.99. The van der Waals surface area contributed by atoms with Gasteiger partial charge in [-0.25, -0.2) is 0 Å². The van der Waals surface area contributed by atoms with Gasteiger partial charge in [0.05, 0.1) is 6.54 Å². The molecular weight excluding hydrogens is 186 g/mol. The first kappa shape index (κ1) is 10.8. The quantitative estimate of drug-likeness (QED) is 0.474. The zero-order valence-electron chi connectivity index (χ0n) is 7.77. The van der Waals surface area contributed by atoms with Crippen molar-refractivity contribution < 1.29 is 4.79 Å². The molecular formula is C8H17N3OS. The fourth-order valence-corrected chi connectivity index (χ4v) is 1.85. The first-order chi connectivity index (χ1) is 6.39. The SMILES string of the molecule is C1CSCCN1.O=C1CNCCN1. The minimum atomic E-state index is 0.103. The Morgan fingerprint density at radius 2 is 1.77 bits per heavy atom. The molecule has 0 radical (unpaired) electrons. The second-order valence-electron chi connectivity index (χ2n) is 2.89. The molecule has 2 heterocycles. The number of thioether (sulfide) groups is 1. The van der Waals surface area contributed by atoms with Crippen LogP contribution in [0.3, 0.4) is 0 Å². The molecule has 13 heavy (non-hydrogen) atoms. The van der Waals surface area contributed by atoms with E-state index in [9.17, 15) is 4.79 Å². The van der Waals surface area contributed by atoms with Crippen molar-refractivity contribution in [2.75, 3.05) is 44.2 Å². The van der Waals surface area contributed by atoms with E-state index in [1.54, 1.807) is 0 Å². The van der Waals surface area contributed by atoms with E-state index in [0.29, 0.717) is 6.54 Å². The fraction of sp³-hybridized carbons (Fsp3) is 0.875. The highest BCUT2D eigenvalue weighted by Gasteiger charge is 2.02. The first-order valence-electron chi connectivity index (χ1n) is 4.65. The van der Waals surface area contributed by atoms with Gasteiger partial charge in [0.25, 0.3) is 0 Å². The maximum absolute atomic E-state index is 10.3. The van der Waals surface area contributed by atoms with Crippen LogP contribution in [0.2, 0.25) is 0 Å². The van der Waals surface area contributed by atoms with Crippen LogP contribution in [0, 0.1) is 0 Å². The monoisotopic (exact) mass is 203 g/mol. The molecule has 0 saturated carbocycles. The van der Waals surface area contributed by atoms with Gasteiger partial charge in [0.2, 0.25) is 5.91 Å². The lowest BCUT2D eigenvalue weighted by Crippen LogP contribution is -2.44. The van der Waals surface area contributed by atoms with Crippen molar-refractivity contribution in [1.29, 1.82) is 0 Å². The molecule has 2 aliphatic rings. The molecule has 5 heteroatoms. The summed E-state index contributed by atoms with van der Waals surface area (Å²) in [5.74, 6) is 2.71. The molecule has 0 aliphatic carbocycles. The minimum Gasteiger partial charge on any atom is -0.354 e. The summed E-state index contributed by atoms with van der Waals surface area (Å²) in [5, 5.41) is 8.87. The maximum Gasteiger partial charge on any atom is 0.234 e.